The van der Waals surface area contributed by atoms with Crippen molar-refractivity contribution in [3.8, 4) is 0 Å². The summed E-state index contributed by atoms with van der Waals surface area (Å²) in [6.45, 7) is 11.3. The Bertz CT molecular complexity index is 1190. The Hall–Kier alpha value is -3.17. The van der Waals surface area contributed by atoms with Gasteiger partial charge in [0.15, 0.2) is 7.14 Å². The Morgan fingerprint density at radius 1 is 0.806 bits per heavy atom. The van der Waals surface area contributed by atoms with Crippen LogP contribution in [-0.4, -0.2) is 24.9 Å². The molecule has 0 saturated heterocycles. The quantitative estimate of drug-likeness (QED) is 0.408. The monoisotopic (exact) mass is 504 g/mol. The van der Waals surface area contributed by atoms with Gasteiger partial charge < -0.3 is 15.2 Å². The van der Waals surface area contributed by atoms with Crippen molar-refractivity contribution in [3.63, 3.8) is 0 Å². The maximum Gasteiger partial charge on any atom is 0.252 e. The molecule has 3 aromatic carbocycles. The van der Waals surface area contributed by atoms with Crippen molar-refractivity contribution in [1.29, 1.82) is 0 Å². The topological polar surface area (TPSA) is 75.3 Å². The van der Waals surface area contributed by atoms with E-state index in [1.807, 2.05) is 81.4 Å². The van der Waals surface area contributed by atoms with Gasteiger partial charge in [-0.05, 0) is 36.0 Å². The van der Waals surface area contributed by atoms with E-state index in [-0.39, 0.29) is 17.2 Å². The van der Waals surface area contributed by atoms with Gasteiger partial charge >= 0.3 is 0 Å². The van der Waals surface area contributed by atoms with Crippen molar-refractivity contribution in [2.75, 3.05) is 13.1 Å². The highest BCUT2D eigenvalue weighted by Crippen LogP contribution is 2.43. The van der Waals surface area contributed by atoms with Gasteiger partial charge in [-0.3, -0.25) is 9.59 Å². The van der Waals surface area contributed by atoms with Gasteiger partial charge in [0.1, 0.15) is 0 Å². The molecule has 3 rings (SSSR count). The number of carbonyl (C=O) groups excluding carboxylic acids is 2. The number of nitrogens with one attached hydrogen (secondary N) is 2. The van der Waals surface area contributed by atoms with E-state index in [4.69, 9.17) is 0 Å². The second kappa shape index (κ2) is 11.7. The highest BCUT2D eigenvalue weighted by Gasteiger charge is 2.34. The number of carbonyl (C=O) groups is 2. The predicted octanol–water partition coefficient (Wildman–Crippen LogP) is 4.88. The molecule has 0 aliphatic carbocycles. The van der Waals surface area contributed by atoms with Gasteiger partial charge in [-0.25, -0.2) is 0 Å². The van der Waals surface area contributed by atoms with Crippen molar-refractivity contribution in [3.05, 3.63) is 90.0 Å². The first-order valence-electron chi connectivity index (χ1n) is 12.4. The van der Waals surface area contributed by atoms with Gasteiger partial charge in [-0.1, -0.05) is 95.3 Å². The van der Waals surface area contributed by atoms with Crippen LogP contribution in [-0.2, 0) is 4.57 Å². The summed E-state index contributed by atoms with van der Waals surface area (Å²) in [4.78, 5) is 26.4. The third-order valence-corrected chi connectivity index (χ3v) is 8.97. The Balaban J connectivity index is 2.18. The molecule has 36 heavy (non-hydrogen) atoms. The summed E-state index contributed by atoms with van der Waals surface area (Å²) in [6.07, 6.45) is 0.837. The predicted molar refractivity (Wildman–Crippen MR) is 149 cm³/mol. The Morgan fingerprint density at radius 3 is 1.86 bits per heavy atom. The summed E-state index contributed by atoms with van der Waals surface area (Å²) < 4.78 is 15.1. The molecule has 0 spiro atoms. The number of hydrogen-bond donors (Lipinski definition) is 2. The molecule has 0 saturated carbocycles. The van der Waals surface area contributed by atoms with Crippen molar-refractivity contribution < 1.29 is 14.2 Å². The number of hydrogen-bond acceptors (Lipinski definition) is 3. The fourth-order valence-corrected chi connectivity index (χ4v) is 6.72. The van der Waals surface area contributed by atoms with Crippen LogP contribution in [0.15, 0.2) is 78.9 Å². The van der Waals surface area contributed by atoms with E-state index in [0.717, 1.165) is 6.42 Å². The fourth-order valence-electron chi connectivity index (χ4n) is 3.85. The lowest BCUT2D eigenvalue weighted by atomic mass is 9.97. The lowest BCUT2D eigenvalue weighted by Gasteiger charge is -2.24. The molecule has 0 aliphatic heterocycles. The lowest BCUT2D eigenvalue weighted by molar-refractivity contribution is 0.0933. The largest absolute Gasteiger partial charge is 0.352 e. The zero-order valence-corrected chi connectivity index (χ0v) is 22.8. The average molecular weight is 505 g/mol. The minimum Gasteiger partial charge on any atom is -0.352 e. The van der Waals surface area contributed by atoms with Gasteiger partial charge in [0.2, 0.25) is 0 Å². The summed E-state index contributed by atoms with van der Waals surface area (Å²) in [5, 5.41) is 7.53. The van der Waals surface area contributed by atoms with E-state index in [9.17, 15) is 9.59 Å². The van der Waals surface area contributed by atoms with Crippen LogP contribution >= 0.6 is 7.14 Å². The van der Waals surface area contributed by atoms with Crippen LogP contribution in [0.25, 0.3) is 0 Å². The first kappa shape index (κ1) is 27.4. The van der Waals surface area contributed by atoms with Gasteiger partial charge in [0.05, 0.1) is 5.56 Å². The van der Waals surface area contributed by atoms with Gasteiger partial charge in [0, 0.05) is 34.6 Å². The molecular weight excluding hydrogens is 467 g/mol. The zero-order valence-electron chi connectivity index (χ0n) is 21.9. The molecule has 0 radical (unpaired) electrons. The maximum atomic E-state index is 15.1. The lowest BCUT2D eigenvalue weighted by Crippen LogP contribution is -2.36. The van der Waals surface area contributed by atoms with E-state index in [0.29, 0.717) is 46.0 Å². The molecule has 0 fully saturated rings. The number of amides is 2. The van der Waals surface area contributed by atoms with Crippen LogP contribution in [0.3, 0.4) is 0 Å². The van der Waals surface area contributed by atoms with Crippen LogP contribution < -0.4 is 26.5 Å². The molecule has 3 aromatic rings. The fraction of sp³-hybridized carbons (Fsp3) is 0.333. The first-order chi connectivity index (χ1) is 17.0. The molecule has 2 amide bonds. The second-order valence-electron chi connectivity index (χ2n) is 10.7. The highest BCUT2D eigenvalue weighted by atomic mass is 31.2. The smallest absolute Gasteiger partial charge is 0.252 e. The second-order valence-corrected chi connectivity index (χ2v) is 13.4. The van der Waals surface area contributed by atoms with Crippen molar-refractivity contribution >= 4 is 34.9 Å². The third-order valence-electron chi connectivity index (χ3n) is 5.87. The molecule has 0 aliphatic rings. The molecule has 0 bridgehead atoms. The molecule has 0 atom stereocenters. The van der Waals surface area contributed by atoms with Gasteiger partial charge in [0.25, 0.3) is 11.8 Å². The van der Waals surface area contributed by atoms with Crippen LogP contribution in [0, 0.1) is 11.3 Å². The summed E-state index contributed by atoms with van der Waals surface area (Å²) >= 11 is 0. The third kappa shape index (κ3) is 6.73. The molecule has 2 N–H and O–H groups in total. The van der Waals surface area contributed by atoms with Crippen molar-refractivity contribution in [2.45, 2.75) is 41.0 Å². The summed E-state index contributed by atoms with van der Waals surface area (Å²) in [7, 11) is -3.48. The zero-order chi connectivity index (χ0) is 26.3. The van der Waals surface area contributed by atoms with Crippen LogP contribution in [0.5, 0.6) is 0 Å². The van der Waals surface area contributed by atoms with Crippen LogP contribution in [0.2, 0.25) is 0 Å². The summed E-state index contributed by atoms with van der Waals surface area (Å²) in [5.41, 5.74) is 0.611. The standard InChI is InChI=1S/C30H37N2O3P/c1-22(2)18-19-31-29(34)26-17-16-23(28(33)32-21-30(3,4)5)20-27(26)36(35,24-12-8-6-9-13-24)25-14-10-7-11-15-25/h6-17,20,22H,18-19,21H2,1-5H3,(H,31,34)(H,32,33). The van der Waals surface area contributed by atoms with Crippen molar-refractivity contribution in [2.24, 2.45) is 11.3 Å². The van der Waals surface area contributed by atoms with E-state index in [2.05, 4.69) is 24.5 Å². The minimum absolute atomic E-state index is 0.0852. The first-order valence-corrected chi connectivity index (χ1v) is 14.2. The SMILES string of the molecule is CC(C)CCNC(=O)c1ccc(C(=O)NCC(C)(C)C)cc1P(=O)(c1ccccc1)c1ccccc1. The van der Waals surface area contributed by atoms with Crippen LogP contribution in [0.1, 0.15) is 61.8 Å². The number of rotatable bonds is 9. The average Bonchev–Trinajstić information content (AvgIpc) is 2.86. The molecule has 0 unspecified atom stereocenters. The molecule has 190 valence electrons. The molecular formula is C30H37N2O3P. The van der Waals surface area contributed by atoms with Gasteiger partial charge in [-0.2, -0.15) is 0 Å². The Labute approximate surface area is 215 Å². The Kier molecular flexibility index (Phi) is 8.92. The van der Waals surface area contributed by atoms with Crippen LogP contribution in [0.4, 0.5) is 0 Å². The van der Waals surface area contributed by atoms with Gasteiger partial charge in [-0.15, -0.1) is 0 Å². The molecule has 0 heterocycles. The minimum atomic E-state index is -3.48. The number of benzene rings is 3. The normalized spacial score (nSPS) is 11.8. The van der Waals surface area contributed by atoms with E-state index >= 15 is 4.57 Å². The summed E-state index contributed by atoms with van der Waals surface area (Å²) in [5.74, 6) is -0.108. The Morgan fingerprint density at radius 2 is 1.36 bits per heavy atom. The van der Waals surface area contributed by atoms with E-state index in [1.165, 1.54) is 0 Å². The van der Waals surface area contributed by atoms with E-state index in [1.54, 1.807) is 18.2 Å². The molecule has 6 heteroatoms. The van der Waals surface area contributed by atoms with E-state index < -0.39 is 7.14 Å². The maximum absolute atomic E-state index is 15.1. The highest BCUT2D eigenvalue weighted by molar-refractivity contribution is 7.85. The summed E-state index contributed by atoms with van der Waals surface area (Å²) in [6, 6.07) is 23.3. The van der Waals surface area contributed by atoms with Crippen molar-refractivity contribution in [1.82, 2.24) is 10.6 Å². The molecule has 5 nitrogen and oxygen atoms in total. The molecule has 0 aromatic heterocycles.